The van der Waals surface area contributed by atoms with E-state index >= 15 is 0 Å². The number of hydrogen-bond donors (Lipinski definition) is 2. The van der Waals surface area contributed by atoms with Crippen molar-refractivity contribution in [1.29, 1.82) is 0 Å². The van der Waals surface area contributed by atoms with Crippen LogP contribution < -0.4 is 10.6 Å². The van der Waals surface area contributed by atoms with Gasteiger partial charge in [-0.3, -0.25) is 19.8 Å². The average molecular weight is 311 g/mol. The average Bonchev–Trinajstić information content (AvgIpc) is 2.42. The van der Waals surface area contributed by atoms with Crippen LogP contribution in [0.4, 0.5) is 5.82 Å². The van der Waals surface area contributed by atoms with Crippen LogP contribution in [0.2, 0.25) is 5.02 Å². The van der Waals surface area contributed by atoms with Crippen molar-refractivity contribution >= 4 is 29.2 Å². The fourth-order valence-corrected chi connectivity index (χ4v) is 2.56. The fourth-order valence-electron chi connectivity index (χ4n) is 2.40. The molecule has 1 saturated heterocycles. The maximum absolute atomic E-state index is 11.9. The molecule has 1 aromatic heterocycles. The SMILES string of the molecule is CCNc1ccc(Cl)c(CN2CC(=O)NC(=O)C2CC)n1. The molecule has 0 spiro atoms. The molecule has 0 aromatic carbocycles. The third-order valence-electron chi connectivity index (χ3n) is 3.37. The number of halogens is 1. The Balaban J connectivity index is 2.20. The Kier molecular flexibility index (Phi) is 5.14. The number of rotatable bonds is 5. The van der Waals surface area contributed by atoms with Gasteiger partial charge in [0.1, 0.15) is 5.82 Å². The molecule has 21 heavy (non-hydrogen) atoms. The third-order valence-corrected chi connectivity index (χ3v) is 3.71. The Hall–Kier alpha value is -1.66. The zero-order valence-electron chi connectivity index (χ0n) is 12.1. The Morgan fingerprint density at radius 3 is 2.86 bits per heavy atom. The van der Waals surface area contributed by atoms with Gasteiger partial charge in [-0.15, -0.1) is 0 Å². The lowest BCUT2D eigenvalue weighted by Gasteiger charge is -2.33. The molecule has 0 bridgehead atoms. The summed E-state index contributed by atoms with van der Waals surface area (Å²) in [5, 5.41) is 6.01. The monoisotopic (exact) mass is 310 g/mol. The Morgan fingerprint density at radius 1 is 1.43 bits per heavy atom. The molecule has 0 radical (unpaired) electrons. The third kappa shape index (κ3) is 3.71. The number of anilines is 1. The molecule has 0 saturated carbocycles. The van der Waals surface area contributed by atoms with Gasteiger partial charge in [-0.1, -0.05) is 18.5 Å². The molecule has 2 N–H and O–H groups in total. The summed E-state index contributed by atoms with van der Waals surface area (Å²) in [7, 11) is 0. The van der Waals surface area contributed by atoms with Crippen LogP contribution in [0.5, 0.6) is 0 Å². The maximum Gasteiger partial charge on any atom is 0.243 e. The highest BCUT2D eigenvalue weighted by molar-refractivity contribution is 6.31. The summed E-state index contributed by atoms with van der Waals surface area (Å²) in [4.78, 5) is 29.7. The first-order valence-corrected chi connectivity index (χ1v) is 7.40. The van der Waals surface area contributed by atoms with Crippen molar-refractivity contribution in [2.24, 2.45) is 0 Å². The van der Waals surface area contributed by atoms with Crippen molar-refractivity contribution in [3.63, 3.8) is 0 Å². The summed E-state index contributed by atoms with van der Waals surface area (Å²) in [6.45, 7) is 5.20. The minimum absolute atomic E-state index is 0.174. The van der Waals surface area contributed by atoms with Crippen LogP contribution in [0.25, 0.3) is 0 Å². The molecule has 1 unspecified atom stereocenters. The highest BCUT2D eigenvalue weighted by Gasteiger charge is 2.32. The van der Waals surface area contributed by atoms with Crippen molar-refractivity contribution in [3.05, 3.63) is 22.8 Å². The summed E-state index contributed by atoms with van der Waals surface area (Å²) < 4.78 is 0. The number of piperazine rings is 1. The molecule has 1 aromatic rings. The second-order valence-corrected chi connectivity index (χ2v) is 5.30. The summed E-state index contributed by atoms with van der Waals surface area (Å²) in [5.74, 6) is 0.189. The van der Waals surface area contributed by atoms with E-state index in [9.17, 15) is 9.59 Å². The molecule has 6 nitrogen and oxygen atoms in total. The molecule has 0 aliphatic carbocycles. The number of amides is 2. The first kappa shape index (κ1) is 15.7. The van der Waals surface area contributed by atoms with Crippen molar-refractivity contribution < 1.29 is 9.59 Å². The van der Waals surface area contributed by atoms with Gasteiger partial charge in [0, 0.05) is 13.1 Å². The van der Waals surface area contributed by atoms with Gasteiger partial charge in [-0.2, -0.15) is 0 Å². The summed E-state index contributed by atoms with van der Waals surface area (Å²) in [6, 6.07) is 3.25. The molecule has 2 amide bonds. The lowest BCUT2D eigenvalue weighted by molar-refractivity contribution is -0.140. The predicted octanol–water partition coefficient (Wildman–Crippen LogP) is 1.40. The molecule has 1 aliphatic heterocycles. The van der Waals surface area contributed by atoms with Crippen molar-refractivity contribution in [1.82, 2.24) is 15.2 Å². The molecule has 1 fully saturated rings. The minimum atomic E-state index is -0.330. The molecule has 1 atom stereocenters. The van der Waals surface area contributed by atoms with Gasteiger partial charge in [-0.05, 0) is 25.5 Å². The number of imide groups is 1. The van der Waals surface area contributed by atoms with Crippen molar-refractivity contribution in [2.45, 2.75) is 32.9 Å². The van der Waals surface area contributed by atoms with Crippen LogP contribution in [0.1, 0.15) is 26.0 Å². The van der Waals surface area contributed by atoms with E-state index in [1.165, 1.54) is 0 Å². The summed E-state index contributed by atoms with van der Waals surface area (Å²) >= 11 is 6.18. The zero-order chi connectivity index (χ0) is 15.4. The second kappa shape index (κ2) is 6.87. The highest BCUT2D eigenvalue weighted by atomic mass is 35.5. The zero-order valence-corrected chi connectivity index (χ0v) is 12.9. The molecule has 114 valence electrons. The minimum Gasteiger partial charge on any atom is -0.370 e. The lowest BCUT2D eigenvalue weighted by atomic mass is 10.1. The van der Waals surface area contributed by atoms with Crippen LogP contribution in [0.3, 0.4) is 0 Å². The van der Waals surface area contributed by atoms with Gasteiger partial charge in [0.2, 0.25) is 11.8 Å². The second-order valence-electron chi connectivity index (χ2n) is 4.90. The van der Waals surface area contributed by atoms with E-state index < -0.39 is 0 Å². The quantitative estimate of drug-likeness (QED) is 0.804. The highest BCUT2D eigenvalue weighted by Crippen LogP contribution is 2.21. The number of hydrogen-bond acceptors (Lipinski definition) is 5. The number of carbonyl (C=O) groups is 2. The Bertz CT molecular complexity index is 550. The first-order chi connectivity index (χ1) is 10.0. The predicted molar refractivity (Wildman–Crippen MR) is 81.0 cm³/mol. The molecule has 1 aliphatic rings. The number of carbonyl (C=O) groups excluding carboxylic acids is 2. The maximum atomic E-state index is 11.9. The summed E-state index contributed by atoms with van der Waals surface area (Å²) in [6.07, 6.45) is 0.629. The lowest BCUT2D eigenvalue weighted by Crippen LogP contribution is -2.57. The molecular weight excluding hydrogens is 292 g/mol. The molecule has 7 heteroatoms. The van der Waals surface area contributed by atoms with Gasteiger partial charge in [0.15, 0.2) is 0 Å². The van der Waals surface area contributed by atoms with Crippen LogP contribution in [0, 0.1) is 0 Å². The standard InChI is InChI=1S/C14H19ClN4O2/c1-3-11-14(21)18-13(20)8-19(11)7-10-9(15)5-6-12(17-10)16-4-2/h5-6,11H,3-4,7-8H2,1-2H3,(H,16,17)(H,18,20,21). The van der Waals surface area contributed by atoms with E-state index in [1.807, 2.05) is 18.7 Å². The van der Waals surface area contributed by atoms with Gasteiger partial charge >= 0.3 is 0 Å². The number of nitrogens with one attached hydrogen (secondary N) is 2. The smallest absolute Gasteiger partial charge is 0.243 e. The number of pyridine rings is 1. The van der Waals surface area contributed by atoms with Gasteiger partial charge in [0.05, 0.1) is 23.3 Å². The van der Waals surface area contributed by atoms with E-state index in [4.69, 9.17) is 11.6 Å². The van der Waals surface area contributed by atoms with E-state index in [0.29, 0.717) is 23.7 Å². The number of aromatic nitrogens is 1. The molecule has 2 rings (SSSR count). The summed E-state index contributed by atoms with van der Waals surface area (Å²) in [5.41, 5.74) is 0.663. The van der Waals surface area contributed by atoms with Crippen LogP contribution in [0.15, 0.2) is 12.1 Å². The Labute approximate surface area is 128 Å². The number of nitrogens with zero attached hydrogens (tertiary/aromatic N) is 2. The largest absolute Gasteiger partial charge is 0.370 e. The van der Waals surface area contributed by atoms with Crippen LogP contribution >= 0.6 is 11.6 Å². The first-order valence-electron chi connectivity index (χ1n) is 7.02. The normalized spacial score (nSPS) is 19.5. The van der Waals surface area contributed by atoms with E-state index in [0.717, 1.165) is 12.4 Å². The topological polar surface area (TPSA) is 74.3 Å². The Morgan fingerprint density at radius 2 is 2.19 bits per heavy atom. The van der Waals surface area contributed by atoms with Gasteiger partial charge < -0.3 is 5.32 Å². The molecular formula is C14H19ClN4O2. The van der Waals surface area contributed by atoms with E-state index in [2.05, 4.69) is 15.6 Å². The van der Waals surface area contributed by atoms with Crippen molar-refractivity contribution in [3.8, 4) is 0 Å². The molecule has 2 heterocycles. The van der Waals surface area contributed by atoms with Gasteiger partial charge in [-0.25, -0.2) is 4.98 Å². The van der Waals surface area contributed by atoms with E-state index in [1.54, 1.807) is 12.1 Å². The fraction of sp³-hybridized carbons (Fsp3) is 0.500. The van der Waals surface area contributed by atoms with Crippen LogP contribution in [-0.2, 0) is 16.1 Å². The van der Waals surface area contributed by atoms with Crippen molar-refractivity contribution in [2.75, 3.05) is 18.4 Å². The van der Waals surface area contributed by atoms with Gasteiger partial charge in [0.25, 0.3) is 0 Å². The van der Waals surface area contributed by atoms with Crippen LogP contribution in [-0.4, -0.2) is 40.8 Å². The van der Waals surface area contributed by atoms with E-state index in [-0.39, 0.29) is 24.4 Å².